The molecule has 0 aliphatic rings. The Kier molecular flexibility index (Phi) is 50.9. The van der Waals surface area contributed by atoms with E-state index in [-0.39, 0.29) is 31.1 Å². The molecule has 0 saturated heterocycles. The fourth-order valence-corrected chi connectivity index (χ4v) is 7.62. The highest BCUT2D eigenvalue weighted by Gasteiger charge is 2.19. The van der Waals surface area contributed by atoms with Crippen molar-refractivity contribution in [2.45, 2.75) is 271 Å². The highest BCUT2D eigenvalue weighted by Crippen LogP contribution is 2.15. The molecule has 0 bridgehead atoms. The SMILES string of the molecule is CCCCC\C=C/C=C\C=C/C=C\CCCCCCCC(=O)OCC(COC(=O)CCCCCCCCCCCCCCC)OC(=O)CCCCC/C=C\C=C/CCCCCCCCC. The molecule has 0 fully saturated rings. The van der Waals surface area contributed by atoms with E-state index in [0.29, 0.717) is 19.3 Å². The molecule has 6 heteroatoms. The zero-order chi connectivity index (χ0) is 47.2. The molecular formula is C59H102O6. The highest BCUT2D eigenvalue weighted by atomic mass is 16.6. The predicted molar refractivity (Wildman–Crippen MR) is 279 cm³/mol. The number of rotatable bonds is 49. The van der Waals surface area contributed by atoms with Crippen LogP contribution in [0.4, 0.5) is 0 Å². The molecule has 6 nitrogen and oxygen atoms in total. The zero-order valence-electron chi connectivity index (χ0n) is 42.7. The summed E-state index contributed by atoms with van der Waals surface area (Å²) < 4.78 is 16.8. The number of carbonyl (C=O) groups is 3. The molecule has 0 aliphatic carbocycles. The lowest BCUT2D eigenvalue weighted by Gasteiger charge is -2.18. The summed E-state index contributed by atoms with van der Waals surface area (Å²) >= 11 is 0. The van der Waals surface area contributed by atoms with Crippen LogP contribution in [0.2, 0.25) is 0 Å². The maximum atomic E-state index is 12.8. The Morgan fingerprint density at radius 1 is 0.308 bits per heavy atom. The van der Waals surface area contributed by atoms with Crippen molar-refractivity contribution in [3.63, 3.8) is 0 Å². The van der Waals surface area contributed by atoms with Gasteiger partial charge >= 0.3 is 17.9 Å². The number of ether oxygens (including phenoxy) is 3. The van der Waals surface area contributed by atoms with Gasteiger partial charge in [0.1, 0.15) is 13.2 Å². The summed E-state index contributed by atoms with van der Waals surface area (Å²) in [6.07, 6.45) is 67.4. The van der Waals surface area contributed by atoms with Crippen molar-refractivity contribution < 1.29 is 28.6 Å². The minimum absolute atomic E-state index is 0.0922. The summed E-state index contributed by atoms with van der Waals surface area (Å²) in [7, 11) is 0. The van der Waals surface area contributed by atoms with Crippen LogP contribution >= 0.6 is 0 Å². The van der Waals surface area contributed by atoms with Crippen LogP contribution in [0.1, 0.15) is 265 Å². The van der Waals surface area contributed by atoms with Crippen molar-refractivity contribution in [2.75, 3.05) is 13.2 Å². The third kappa shape index (κ3) is 51.7. The lowest BCUT2D eigenvalue weighted by molar-refractivity contribution is -0.167. The van der Waals surface area contributed by atoms with E-state index in [0.717, 1.165) is 96.3 Å². The van der Waals surface area contributed by atoms with E-state index < -0.39 is 6.10 Å². The monoisotopic (exact) mass is 907 g/mol. The van der Waals surface area contributed by atoms with Crippen LogP contribution in [0.5, 0.6) is 0 Å². The van der Waals surface area contributed by atoms with Gasteiger partial charge in [0.25, 0.3) is 0 Å². The molecule has 0 heterocycles. The lowest BCUT2D eigenvalue weighted by atomic mass is 10.0. The fourth-order valence-electron chi connectivity index (χ4n) is 7.62. The van der Waals surface area contributed by atoms with Gasteiger partial charge in [0.2, 0.25) is 0 Å². The largest absolute Gasteiger partial charge is 0.462 e. The summed E-state index contributed by atoms with van der Waals surface area (Å²) in [5.41, 5.74) is 0. The summed E-state index contributed by atoms with van der Waals surface area (Å²) in [6, 6.07) is 0. The van der Waals surface area contributed by atoms with E-state index in [2.05, 4.69) is 93.7 Å². The Balaban J connectivity index is 4.47. The molecule has 374 valence electrons. The fraction of sp³-hybridized carbons (Fsp3) is 0.746. The molecule has 0 N–H and O–H groups in total. The Labute approximate surface area is 402 Å². The number of carbonyl (C=O) groups excluding carboxylic acids is 3. The van der Waals surface area contributed by atoms with E-state index in [9.17, 15) is 14.4 Å². The Bertz CT molecular complexity index is 1230. The molecule has 0 aliphatic heterocycles. The van der Waals surface area contributed by atoms with Crippen LogP contribution in [0.15, 0.2) is 72.9 Å². The Morgan fingerprint density at radius 2 is 0.554 bits per heavy atom. The molecule has 0 saturated carbocycles. The molecule has 0 aromatic carbocycles. The average molecular weight is 907 g/mol. The van der Waals surface area contributed by atoms with Crippen molar-refractivity contribution >= 4 is 17.9 Å². The van der Waals surface area contributed by atoms with Gasteiger partial charge in [0.15, 0.2) is 6.10 Å². The number of hydrogen-bond acceptors (Lipinski definition) is 6. The third-order valence-electron chi connectivity index (χ3n) is 11.8. The smallest absolute Gasteiger partial charge is 0.306 e. The molecule has 0 rings (SSSR count). The molecule has 0 spiro atoms. The second-order valence-corrected chi connectivity index (χ2v) is 18.3. The van der Waals surface area contributed by atoms with Crippen LogP contribution < -0.4 is 0 Å². The van der Waals surface area contributed by atoms with Crippen LogP contribution in [0.3, 0.4) is 0 Å². The summed E-state index contributed by atoms with van der Waals surface area (Å²) in [5.74, 6) is -0.936. The third-order valence-corrected chi connectivity index (χ3v) is 11.8. The summed E-state index contributed by atoms with van der Waals surface area (Å²) in [5, 5.41) is 0. The van der Waals surface area contributed by atoms with E-state index >= 15 is 0 Å². The molecule has 0 aromatic rings. The number of allylic oxidation sites excluding steroid dienone is 12. The Morgan fingerprint density at radius 3 is 0.923 bits per heavy atom. The zero-order valence-corrected chi connectivity index (χ0v) is 42.7. The second kappa shape index (κ2) is 53.5. The van der Waals surface area contributed by atoms with E-state index in [1.54, 1.807) is 0 Å². The second-order valence-electron chi connectivity index (χ2n) is 18.3. The van der Waals surface area contributed by atoms with Crippen molar-refractivity contribution in [2.24, 2.45) is 0 Å². The van der Waals surface area contributed by atoms with Crippen LogP contribution in [0.25, 0.3) is 0 Å². The van der Waals surface area contributed by atoms with Crippen LogP contribution in [-0.2, 0) is 28.6 Å². The molecule has 1 atom stereocenters. The number of esters is 3. The van der Waals surface area contributed by atoms with Crippen molar-refractivity contribution in [1.29, 1.82) is 0 Å². The van der Waals surface area contributed by atoms with Gasteiger partial charge < -0.3 is 14.2 Å². The van der Waals surface area contributed by atoms with Gasteiger partial charge in [0, 0.05) is 19.3 Å². The van der Waals surface area contributed by atoms with Crippen molar-refractivity contribution in [3.05, 3.63) is 72.9 Å². The molecular weight excluding hydrogens is 805 g/mol. The quantitative estimate of drug-likeness (QED) is 0.0262. The lowest BCUT2D eigenvalue weighted by Crippen LogP contribution is -2.30. The van der Waals surface area contributed by atoms with E-state index in [1.165, 1.54) is 128 Å². The van der Waals surface area contributed by atoms with Crippen LogP contribution in [-0.4, -0.2) is 37.2 Å². The first-order valence-electron chi connectivity index (χ1n) is 27.5. The van der Waals surface area contributed by atoms with Gasteiger partial charge in [-0.25, -0.2) is 0 Å². The predicted octanol–water partition coefficient (Wildman–Crippen LogP) is 18.2. The molecule has 0 aromatic heterocycles. The summed E-state index contributed by atoms with van der Waals surface area (Å²) in [6.45, 7) is 6.56. The van der Waals surface area contributed by atoms with Gasteiger partial charge in [-0.2, -0.15) is 0 Å². The first-order valence-corrected chi connectivity index (χ1v) is 27.5. The van der Waals surface area contributed by atoms with Gasteiger partial charge in [0.05, 0.1) is 0 Å². The molecule has 1 unspecified atom stereocenters. The van der Waals surface area contributed by atoms with E-state index in [1.807, 2.05) is 0 Å². The van der Waals surface area contributed by atoms with Gasteiger partial charge in [-0.15, -0.1) is 0 Å². The van der Waals surface area contributed by atoms with Crippen LogP contribution in [0, 0.1) is 0 Å². The maximum Gasteiger partial charge on any atom is 0.306 e. The normalized spacial score (nSPS) is 12.6. The first kappa shape index (κ1) is 61.9. The van der Waals surface area contributed by atoms with E-state index in [4.69, 9.17) is 14.2 Å². The maximum absolute atomic E-state index is 12.8. The van der Waals surface area contributed by atoms with Gasteiger partial charge in [-0.3, -0.25) is 14.4 Å². The minimum atomic E-state index is -0.797. The van der Waals surface area contributed by atoms with Crippen molar-refractivity contribution in [1.82, 2.24) is 0 Å². The average Bonchev–Trinajstić information content (AvgIpc) is 3.30. The number of unbranched alkanes of at least 4 members (excludes halogenated alkanes) is 30. The molecule has 65 heavy (non-hydrogen) atoms. The van der Waals surface area contributed by atoms with Gasteiger partial charge in [-0.1, -0.05) is 248 Å². The summed E-state index contributed by atoms with van der Waals surface area (Å²) in [4.78, 5) is 38.1. The Hall–Kier alpha value is -3.15. The number of hydrogen-bond donors (Lipinski definition) is 0. The standard InChI is InChI=1S/C59H102O6/c1-4-7-10-13-16-19-22-25-27-29-30-32-34-37-40-43-46-49-52-58(61)64-55-56(54-63-57(60)51-48-45-42-39-36-33-24-21-18-15-12-9-6-3)65-59(62)53-50-47-44-41-38-35-31-28-26-23-20-17-14-11-8-5-2/h16,19,22,25,27-32,35,38,56H,4-15,17-18,20-21,23-24,26,33-34,36-37,39-55H2,1-3H3/b19-16-,25-22-,29-27-,31-28-,32-30-,38-35-. The highest BCUT2D eigenvalue weighted by molar-refractivity contribution is 5.71. The first-order chi connectivity index (χ1) is 32.0. The molecule has 0 radical (unpaired) electrons. The van der Waals surface area contributed by atoms with Gasteiger partial charge in [-0.05, 0) is 70.6 Å². The van der Waals surface area contributed by atoms with Crippen molar-refractivity contribution in [3.8, 4) is 0 Å². The minimum Gasteiger partial charge on any atom is -0.462 e. The topological polar surface area (TPSA) is 78.9 Å². The molecule has 0 amide bonds.